The maximum absolute atomic E-state index is 12.4. The number of H-pyrrole nitrogens is 1. The molecule has 0 aromatic carbocycles. The average Bonchev–Trinajstić information content (AvgIpc) is 2.97. The zero-order chi connectivity index (χ0) is 12.5. The molecule has 0 radical (unpaired) electrons. The summed E-state index contributed by atoms with van der Waals surface area (Å²) in [5.74, 6) is 0.149. The molecule has 1 unspecified atom stereocenters. The molecule has 1 aromatic heterocycles. The molecule has 96 valence electrons. The van der Waals surface area contributed by atoms with E-state index in [2.05, 4.69) is 10.2 Å². The van der Waals surface area contributed by atoms with E-state index < -0.39 is 10.0 Å². The predicted octanol–water partition coefficient (Wildman–Crippen LogP) is 1.71. The molecule has 0 saturated carbocycles. The lowest BCUT2D eigenvalue weighted by Gasteiger charge is -2.22. The van der Waals surface area contributed by atoms with Crippen LogP contribution in [0.15, 0.2) is 11.2 Å². The van der Waals surface area contributed by atoms with Gasteiger partial charge in [0.1, 0.15) is 0 Å². The van der Waals surface area contributed by atoms with E-state index in [0.717, 1.165) is 19.3 Å². The number of alkyl halides is 1. The first kappa shape index (κ1) is 12.9. The van der Waals surface area contributed by atoms with Crippen molar-refractivity contribution in [2.45, 2.75) is 43.1 Å². The van der Waals surface area contributed by atoms with Gasteiger partial charge in [-0.05, 0) is 19.3 Å². The van der Waals surface area contributed by atoms with Crippen LogP contribution < -0.4 is 0 Å². The van der Waals surface area contributed by atoms with Crippen molar-refractivity contribution in [1.29, 1.82) is 0 Å². The van der Waals surface area contributed by atoms with Crippen LogP contribution in [0.5, 0.6) is 0 Å². The minimum absolute atomic E-state index is 0.103. The Balaban J connectivity index is 2.36. The lowest BCUT2D eigenvalue weighted by Crippen LogP contribution is -2.35. The van der Waals surface area contributed by atoms with Crippen molar-refractivity contribution >= 4 is 21.6 Å². The number of hydrogen-bond donors (Lipinski definition) is 1. The fraction of sp³-hybridized carbons (Fsp3) is 0.700. The first-order valence-corrected chi connectivity index (χ1v) is 7.68. The third-order valence-electron chi connectivity index (χ3n) is 3.18. The minimum atomic E-state index is -3.47. The van der Waals surface area contributed by atoms with Gasteiger partial charge >= 0.3 is 0 Å². The van der Waals surface area contributed by atoms with Crippen LogP contribution in [0.25, 0.3) is 0 Å². The van der Waals surface area contributed by atoms with Crippen LogP contribution in [0.3, 0.4) is 0 Å². The van der Waals surface area contributed by atoms with Gasteiger partial charge in [0.05, 0.1) is 12.1 Å². The molecule has 1 aliphatic rings. The smallest absolute Gasteiger partial charge is 0.260 e. The van der Waals surface area contributed by atoms with Crippen LogP contribution in [0.2, 0.25) is 0 Å². The molecule has 1 atom stereocenters. The van der Waals surface area contributed by atoms with Gasteiger partial charge in [-0.2, -0.15) is 9.40 Å². The summed E-state index contributed by atoms with van der Waals surface area (Å²) in [5, 5.41) is 6.47. The molecule has 0 bridgehead atoms. The van der Waals surface area contributed by atoms with Crippen molar-refractivity contribution in [3.8, 4) is 0 Å². The molecule has 1 saturated heterocycles. The molecule has 1 fully saturated rings. The molecular weight excluding hydrogens is 262 g/mol. The van der Waals surface area contributed by atoms with Gasteiger partial charge in [-0.25, -0.2) is 8.42 Å². The number of hydrogen-bond acceptors (Lipinski definition) is 3. The van der Waals surface area contributed by atoms with E-state index in [1.807, 2.05) is 6.92 Å². The van der Waals surface area contributed by atoms with Gasteiger partial charge < -0.3 is 0 Å². The SMILES string of the molecule is CCC1CCCN1S(=O)(=O)c1[nH]ncc1CCl. The highest BCUT2D eigenvalue weighted by molar-refractivity contribution is 7.89. The first-order valence-electron chi connectivity index (χ1n) is 5.71. The number of sulfonamides is 1. The van der Waals surface area contributed by atoms with Gasteiger partial charge in [-0.15, -0.1) is 11.6 Å². The van der Waals surface area contributed by atoms with Crippen molar-refractivity contribution in [1.82, 2.24) is 14.5 Å². The number of aromatic amines is 1. The molecule has 0 spiro atoms. The van der Waals surface area contributed by atoms with E-state index in [1.54, 1.807) is 4.31 Å². The quantitative estimate of drug-likeness (QED) is 0.852. The van der Waals surface area contributed by atoms with Crippen LogP contribution in [0, 0.1) is 0 Å². The highest BCUT2D eigenvalue weighted by Crippen LogP contribution is 2.28. The molecule has 7 heteroatoms. The Morgan fingerprint density at radius 3 is 3.06 bits per heavy atom. The molecule has 1 N–H and O–H groups in total. The van der Waals surface area contributed by atoms with Crippen LogP contribution in [0.4, 0.5) is 0 Å². The zero-order valence-electron chi connectivity index (χ0n) is 9.69. The van der Waals surface area contributed by atoms with E-state index in [-0.39, 0.29) is 16.9 Å². The minimum Gasteiger partial charge on any atom is -0.266 e. The summed E-state index contributed by atoms with van der Waals surface area (Å²) in [6.45, 7) is 2.59. The third kappa shape index (κ3) is 2.21. The van der Waals surface area contributed by atoms with Crippen molar-refractivity contribution in [2.75, 3.05) is 6.54 Å². The average molecular weight is 278 g/mol. The summed E-state index contributed by atoms with van der Waals surface area (Å²) in [4.78, 5) is 0. The molecule has 0 amide bonds. The monoisotopic (exact) mass is 277 g/mol. The van der Waals surface area contributed by atoms with Crippen molar-refractivity contribution < 1.29 is 8.42 Å². The Morgan fingerprint density at radius 2 is 2.41 bits per heavy atom. The molecule has 1 aliphatic heterocycles. The highest BCUT2D eigenvalue weighted by atomic mass is 35.5. The maximum atomic E-state index is 12.4. The van der Waals surface area contributed by atoms with E-state index in [0.29, 0.717) is 12.1 Å². The van der Waals surface area contributed by atoms with Gasteiger partial charge in [-0.3, -0.25) is 5.10 Å². The second kappa shape index (κ2) is 4.96. The van der Waals surface area contributed by atoms with Gasteiger partial charge in [0.15, 0.2) is 5.03 Å². The molecule has 1 aromatic rings. The number of aromatic nitrogens is 2. The molecular formula is C10H16ClN3O2S. The number of halogens is 1. The van der Waals surface area contributed by atoms with Crippen molar-refractivity contribution in [3.63, 3.8) is 0 Å². The fourth-order valence-electron chi connectivity index (χ4n) is 2.27. The Kier molecular flexibility index (Phi) is 3.75. The van der Waals surface area contributed by atoms with Crippen LogP contribution in [0.1, 0.15) is 31.7 Å². The summed E-state index contributed by atoms with van der Waals surface area (Å²) in [6, 6.07) is 0.103. The topological polar surface area (TPSA) is 66.1 Å². The van der Waals surface area contributed by atoms with Crippen LogP contribution in [-0.2, 0) is 15.9 Å². The Morgan fingerprint density at radius 1 is 1.65 bits per heavy atom. The predicted molar refractivity (Wildman–Crippen MR) is 65.3 cm³/mol. The number of rotatable bonds is 4. The first-order chi connectivity index (χ1) is 8.11. The Bertz CT molecular complexity index is 485. The van der Waals surface area contributed by atoms with Gasteiger partial charge in [0.25, 0.3) is 10.0 Å². The number of nitrogens with zero attached hydrogens (tertiary/aromatic N) is 2. The Labute approximate surface area is 106 Å². The van der Waals surface area contributed by atoms with Crippen LogP contribution >= 0.6 is 11.6 Å². The third-order valence-corrected chi connectivity index (χ3v) is 5.44. The highest BCUT2D eigenvalue weighted by Gasteiger charge is 2.36. The molecule has 17 heavy (non-hydrogen) atoms. The summed E-state index contributed by atoms with van der Waals surface area (Å²) < 4.78 is 26.4. The summed E-state index contributed by atoms with van der Waals surface area (Å²) in [7, 11) is -3.47. The van der Waals surface area contributed by atoms with E-state index in [9.17, 15) is 8.42 Å². The second-order valence-electron chi connectivity index (χ2n) is 4.18. The Hall–Kier alpha value is -0.590. The second-order valence-corrected chi connectivity index (χ2v) is 6.27. The largest absolute Gasteiger partial charge is 0.266 e. The number of nitrogens with one attached hydrogen (secondary N) is 1. The molecule has 2 rings (SSSR count). The standard InChI is InChI=1S/C10H16ClN3O2S/c1-2-9-4-3-5-14(9)17(15,16)10-8(6-11)7-12-13-10/h7,9H,2-6H2,1H3,(H,12,13). The lowest BCUT2D eigenvalue weighted by molar-refractivity contribution is 0.378. The lowest BCUT2D eigenvalue weighted by atomic mass is 10.2. The summed E-state index contributed by atoms with van der Waals surface area (Å²) in [5.41, 5.74) is 0.536. The molecule has 2 heterocycles. The van der Waals surface area contributed by atoms with E-state index in [4.69, 9.17) is 11.6 Å². The van der Waals surface area contributed by atoms with E-state index >= 15 is 0 Å². The summed E-state index contributed by atoms with van der Waals surface area (Å²) in [6.07, 6.45) is 4.16. The van der Waals surface area contributed by atoms with Crippen molar-refractivity contribution in [2.24, 2.45) is 0 Å². The molecule has 5 nitrogen and oxygen atoms in total. The molecule has 0 aliphatic carbocycles. The maximum Gasteiger partial charge on any atom is 0.260 e. The fourth-order valence-corrected chi connectivity index (χ4v) is 4.43. The van der Waals surface area contributed by atoms with E-state index in [1.165, 1.54) is 6.20 Å². The van der Waals surface area contributed by atoms with Gasteiger partial charge in [0.2, 0.25) is 0 Å². The van der Waals surface area contributed by atoms with Gasteiger partial charge in [-0.1, -0.05) is 6.92 Å². The summed E-state index contributed by atoms with van der Waals surface area (Å²) >= 11 is 5.71. The van der Waals surface area contributed by atoms with Crippen LogP contribution in [-0.4, -0.2) is 35.5 Å². The van der Waals surface area contributed by atoms with Gasteiger partial charge in [0, 0.05) is 18.2 Å². The zero-order valence-corrected chi connectivity index (χ0v) is 11.3. The normalized spacial score (nSPS) is 22.1. The van der Waals surface area contributed by atoms with Crippen molar-refractivity contribution in [3.05, 3.63) is 11.8 Å².